The van der Waals surface area contributed by atoms with E-state index in [9.17, 15) is 13.2 Å². The smallest absolute Gasteiger partial charge is 0.255 e. The number of sulfonamides is 1. The van der Waals surface area contributed by atoms with Gasteiger partial charge in [-0.1, -0.05) is 51.3 Å². The van der Waals surface area contributed by atoms with E-state index in [0.29, 0.717) is 0 Å². The lowest BCUT2D eigenvalue weighted by atomic mass is 10.2. The molecule has 0 heterocycles. The number of rotatable bonds is 6. The largest absolute Gasteiger partial charge is 0.272 e. The van der Waals surface area contributed by atoms with Crippen LogP contribution in [-0.2, 0) is 14.8 Å². The monoisotopic (exact) mass is 477 g/mol. The van der Waals surface area contributed by atoms with E-state index in [1.807, 2.05) is 12.1 Å². The molecule has 1 amide bonds. The molecule has 0 spiro atoms. The van der Waals surface area contributed by atoms with Crippen molar-refractivity contribution < 1.29 is 13.2 Å². The fraction of sp³-hybridized carbons (Fsp3) is 0.125. The van der Waals surface area contributed by atoms with Gasteiger partial charge in [0.25, 0.3) is 5.91 Å². The van der Waals surface area contributed by atoms with Crippen molar-refractivity contribution in [3.8, 4) is 0 Å². The summed E-state index contributed by atoms with van der Waals surface area (Å²) in [7, 11) is -2.70. The van der Waals surface area contributed by atoms with Gasteiger partial charge in [-0.2, -0.15) is 9.41 Å². The maximum atomic E-state index is 12.5. The number of nitrogens with zero attached hydrogens (tertiary/aromatic N) is 2. The zero-order chi connectivity index (χ0) is 19.3. The number of carbonyl (C=O) groups excluding carboxylic acids is 1. The van der Waals surface area contributed by atoms with Crippen molar-refractivity contribution in [2.24, 2.45) is 5.10 Å². The van der Waals surface area contributed by atoms with Gasteiger partial charge in [0.2, 0.25) is 10.0 Å². The fourth-order valence-electron chi connectivity index (χ4n) is 1.89. The van der Waals surface area contributed by atoms with Crippen LogP contribution < -0.4 is 5.43 Å². The molecule has 0 aliphatic carbocycles. The molecule has 0 aliphatic rings. The van der Waals surface area contributed by atoms with Gasteiger partial charge in [0.15, 0.2) is 0 Å². The first-order valence-electron chi connectivity index (χ1n) is 7.19. The lowest BCUT2D eigenvalue weighted by Crippen LogP contribution is -2.36. The van der Waals surface area contributed by atoms with Crippen LogP contribution in [-0.4, -0.2) is 38.4 Å². The van der Waals surface area contributed by atoms with E-state index in [1.54, 1.807) is 12.1 Å². The van der Waals surface area contributed by atoms with E-state index in [-0.39, 0.29) is 14.9 Å². The van der Waals surface area contributed by atoms with E-state index in [4.69, 9.17) is 23.2 Å². The van der Waals surface area contributed by atoms with Crippen LogP contribution in [0.3, 0.4) is 0 Å². The number of amides is 1. The number of nitrogens with one attached hydrogen (secondary N) is 1. The van der Waals surface area contributed by atoms with Gasteiger partial charge < -0.3 is 0 Å². The van der Waals surface area contributed by atoms with Gasteiger partial charge in [-0.3, -0.25) is 4.79 Å². The highest BCUT2D eigenvalue weighted by molar-refractivity contribution is 9.10. The van der Waals surface area contributed by atoms with E-state index in [1.165, 1.54) is 31.5 Å². The lowest BCUT2D eigenvalue weighted by molar-refractivity contribution is -0.121. The van der Waals surface area contributed by atoms with Crippen molar-refractivity contribution >= 4 is 61.3 Å². The Balaban J connectivity index is 2.01. The molecular weight excluding hydrogens is 465 g/mol. The van der Waals surface area contributed by atoms with Crippen LogP contribution in [0.2, 0.25) is 10.0 Å². The third-order valence-corrected chi connectivity index (χ3v) is 6.27. The number of hydrazone groups is 1. The predicted molar refractivity (Wildman–Crippen MR) is 106 cm³/mol. The number of likely N-dealkylation sites (N-methyl/N-ethyl adjacent to an activating group) is 1. The minimum absolute atomic E-state index is 0.0231. The summed E-state index contributed by atoms with van der Waals surface area (Å²) < 4.78 is 26.8. The number of halogens is 3. The molecule has 0 radical (unpaired) electrons. The summed E-state index contributed by atoms with van der Waals surface area (Å²) in [6.45, 7) is -0.428. The Hall–Kier alpha value is -1.45. The Morgan fingerprint density at radius 2 is 1.88 bits per heavy atom. The lowest BCUT2D eigenvalue weighted by Gasteiger charge is -2.17. The molecule has 0 fully saturated rings. The summed E-state index contributed by atoms with van der Waals surface area (Å²) in [6.07, 6.45) is 1.45. The highest BCUT2D eigenvalue weighted by atomic mass is 79.9. The topological polar surface area (TPSA) is 78.8 Å². The van der Waals surface area contributed by atoms with E-state index in [2.05, 4.69) is 26.5 Å². The van der Waals surface area contributed by atoms with Crippen LogP contribution in [0.1, 0.15) is 5.56 Å². The van der Waals surface area contributed by atoms with Gasteiger partial charge in [0, 0.05) is 16.5 Å². The van der Waals surface area contributed by atoms with Crippen molar-refractivity contribution in [2.75, 3.05) is 13.6 Å². The quantitative estimate of drug-likeness (QED) is 0.509. The molecule has 1 N–H and O–H groups in total. The zero-order valence-corrected chi connectivity index (χ0v) is 17.4. The molecule has 0 atom stereocenters. The Labute approximate surface area is 170 Å². The van der Waals surface area contributed by atoms with Gasteiger partial charge in [0.05, 0.1) is 17.8 Å². The van der Waals surface area contributed by atoms with Crippen LogP contribution in [0.4, 0.5) is 0 Å². The van der Waals surface area contributed by atoms with Crippen LogP contribution in [0.25, 0.3) is 0 Å². The number of hydrogen-bond acceptors (Lipinski definition) is 4. The molecule has 26 heavy (non-hydrogen) atoms. The fourth-order valence-corrected chi connectivity index (χ4v) is 4.02. The van der Waals surface area contributed by atoms with Gasteiger partial charge in [0.1, 0.15) is 4.90 Å². The van der Waals surface area contributed by atoms with Crippen LogP contribution in [0, 0.1) is 0 Å². The first-order chi connectivity index (χ1) is 12.2. The Bertz CT molecular complexity index is 934. The Morgan fingerprint density at radius 3 is 2.54 bits per heavy atom. The predicted octanol–water partition coefficient (Wildman–Crippen LogP) is 3.53. The minimum atomic E-state index is -3.97. The third kappa shape index (κ3) is 5.52. The second-order valence-electron chi connectivity index (χ2n) is 5.18. The normalized spacial score (nSPS) is 11.9. The summed E-state index contributed by atoms with van der Waals surface area (Å²) >= 11 is 15.1. The number of carbonyl (C=O) groups is 1. The van der Waals surface area contributed by atoms with Crippen molar-refractivity contribution in [1.29, 1.82) is 0 Å². The summed E-state index contributed by atoms with van der Waals surface area (Å²) in [4.78, 5) is 11.8. The second kappa shape index (κ2) is 8.96. The van der Waals surface area contributed by atoms with E-state index >= 15 is 0 Å². The highest BCUT2D eigenvalue weighted by Crippen LogP contribution is 2.27. The summed E-state index contributed by atoms with van der Waals surface area (Å²) in [5.41, 5.74) is 3.06. The molecule has 0 unspecified atom stereocenters. The summed E-state index contributed by atoms with van der Waals surface area (Å²) in [5, 5.41) is 4.05. The molecule has 6 nitrogen and oxygen atoms in total. The summed E-state index contributed by atoms with van der Waals surface area (Å²) in [5.74, 6) is -0.595. The zero-order valence-electron chi connectivity index (χ0n) is 13.5. The van der Waals surface area contributed by atoms with Crippen molar-refractivity contribution in [2.45, 2.75) is 4.90 Å². The standard InChI is InChI=1S/C16H14BrCl2N3O3S/c1-22(26(24,25)15-8-13(18)6-7-14(15)19)10-16(23)21-20-9-11-2-4-12(17)5-3-11/h2-9H,10H2,1H3,(H,21,23)/b20-9-. The van der Waals surface area contributed by atoms with E-state index < -0.39 is 22.5 Å². The van der Waals surface area contributed by atoms with E-state index in [0.717, 1.165) is 14.3 Å². The number of benzene rings is 2. The molecule has 138 valence electrons. The van der Waals surface area contributed by atoms with Crippen molar-refractivity contribution in [3.05, 3.63) is 62.5 Å². The maximum Gasteiger partial charge on any atom is 0.255 e. The Kier molecular flexibility index (Phi) is 7.19. The van der Waals surface area contributed by atoms with Crippen LogP contribution >= 0.6 is 39.1 Å². The Morgan fingerprint density at radius 1 is 1.23 bits per heavy atom. The van der Waals surface area contributed by atoms with Gasteiger partial charge in [-0.15, -0.1) is 0 Å². The van der Waals surface area contributed by atoms with Gasteiger partial charge in [-0.05, 0) is 35.9 Å². The van der Waals surface area contributed by atoms with Crippen LogP contribution in [0.5, 0.6) is 0 Å². The first kappa shape index (κ1) is 20.9. The van der Waals surface area contributed by atoms with Gasteiger partial charge >= 0.3 is 0 Å². The number of hydrogen-bond donors (Lipinski definition) is 1. The van der Waals surface area contributed by atoms with Gasteiger partial charge in [-0.25, -0.2) is 13.8 Å². The molecule has 10 heteroatoms. The maximum absolute atomic E-state index is 12.5. The molecule has 0 saturated carbocycles. The average Bonchev–Trinajstić information content (AvgIpc) is 2.58. The molecular formula is C16H14BrCl2N3O3S. The first-order valence-corrected chi connectivity index (χ1v) is 10.2. The molecule has 0 aromatic heterocycles. The molecule has 0 bridgehead atoms. The summed E-state index contributed by atoms with van der Waals surface area (Å²) in [6, 6.07) is 11.4. The second-order valence-corrected chi connectivity index (χ2v) is 8.95. The van der Waals surface area contributed by atoms with Crippen LogP contribution in [0.15, 0.2) is 56.9 Å². The highest BCUT2D eigenvalue weighted by Gasteiger charge is 2.25. The van der Waals surface area contributed by atoms with Crippen molar-refractivity contribution in [1.82, 2.24) is 9.73 Å². The molecule has 0 aliphatic heterocycles. The molecule has 0 saturated heterocycles. The molecule has 2 aromatic rings. The van der Waals surface area contributed by atoms with Crippen molar-refractivity contribution in [3.63, 3.8) is 0 Å². The molecule has 2 rings (SSSR count). The molecule has 2 aromatic carbocycles. The third-order valence-electron chi connectivity index (χ3n) is 3.22. The minimum Gasteiger partial charge on any atom is -0.272 e. The SMILES string of the molecule is CN(CC(=O)N/N=C\c1ccc(Br)cc1)S(=O)(=O)c1cc(Cl)ccc1Cl. The average molecular weight is 479 g/mol.